The van der Waals surface area contributed by atoms with Crippen molar-refractivity contribution >= 4 is 47.4 Å². The first-order valence-corrected chi connectivity index (χ1v) is 16.2. The third-order valence-electron chi connectivity index (χ3n) is 7.51. The number of hydrogen-bond donors (Lipinski definition) is 10. The van der Waals surface area contributed by atoms with E-state index in [0.717, 1.165) is 0 Å². The third kappa shape index (κ3) is 14.8. The number of phenolic OH excluding ortho intramolecular Hbond substituents is 1. The summed E-state index contributed by atoms with van der Waals surface area (Å²) in [5.74, 6) is -7.99. The maximum atomic E-state index is 13.6. The fourth-order valence-electron chi connectivity index (χ4n) is 4.70. The van der Waals surface area contributed by atoms with Gasteiger partial charge in [0.05, 0.1) is 19.0 Å². The minimum Gasteiger partial charge on any atom is -0.508 e. The first-order valence-electron chi connectivity index (χ1n) is 16.2. The Balaban J connectivity index is 2.19. The Labute approximate surface area is 299 Å². The van der Waals surface area contributed by atoms with Crippen LogP contribution in [0.25, 0.3) is 0 Å². The van der Waals surface area contributed by atoms with Gasteiger partial charge in [-0.1, -0.05) is 56.3 Å². The van der Waals surface area contributed by atoms with Crippen LogP contribution in [0.5, 0.6) is 5.75 Å². The second-order valence-corrected chi connectivity index (χ2v) is 12.2. The standard InChI is InChI=1S/C34H45N7O11/c1-18(2)29(34(52)38-19(3)30(48)37-17-28(46)47)41-33(51)25(14-21-9-11-22(42)12-10-21)39-26(43)16-36-32(50)24(13-20-7-5-4-6-8-20)40-31(49)23(35)15-27(44)45/h4-12,18-19,23-25,29,42H,13-17,35H2,1-3H3,(H,36,50)(H,37,48)(H,38,52)(H,39,43)(H,40,49)(H,41,51)(H,44,45)(H,46,47)/t19-,23-,24-,25-,29-/m0/s1. The molecule has 0 saturated carbocycles. The van der Waals surface area contributed by atoms with E-state index in [2.05, 4.69) is 31.9 Å². The molecule has 0 saturated heterocycles. The summed E-state index contributed by atoms with van der Waals surface area (Å²) in [6.45, 7) is 3.27. The fourth-order valence-corrected chi connectivity index (χ4v) is 4.70. The lowest BCUT2D eigenvalue weighted by Gasteiger charge is -2.26. The molecule has 18 heteroatoms. The lowest BCUT2D eigenvalue weighted by molar-refractivity contribution is -0.140. The van der Waals surface area contributed by atoms with Crippen molar-refractivity contribution in [3.8, 4) is 5.75 Å². The normalized spacial score (nSPS) is 13.6. The van der Waals surface area contributed by atoms with Gasteiger partial charge in [0.2, 0.25) is 35.4 Å². The fraction of sp³-hybridized carbons (Fsp3) is 0.412. The van der Waals surface area contributed by atoms with Crippen LogP contribution in [-0.4, -0.2) is 106 Å². The van der Waals surface area contributed by atoms with E-state index in [4.69, 9.17) is 15.9 Å². The quantitative estimate of drug-likeness (QED) is 0.0703. The number of benzene rings is 2. The van der Waals surface area contributed by atoms with Crippen molar-refractivity contribution in [2.75, 3.05) is 13.1 Å². The van der Waals surface area contributed by atoms with Gasteiger partial charge in [-0.2, -0.15) is 0 Å². The molecule has 0 spiro atoms. The van der Waals surface area contributed by atoms with Crippen molar-refractivity contribution in [2.24, 2.45) is 11.7 Å². The molecule has 2 rings (SSSR count). The van der Waals surface area contributed by atoms with Crippen molar-refractivity contribution < 1.29 is 53.7 Å². The van der Waals surface area contributed by atoms with Gasteiger partial charge >= 0.3 is 11.9 Å². The molecule has 18 nitrogen and oxygen atoms in total. The zero-order valence-corrected chi connectivity index (χ0v) is 28.9. The first kappa shape index (κ1) is 42.1. The van der Waals surface area contributed by atoms with Crippen molar-refractivity contribution in [3.05, 3.63) is 65.7 Å². The number of hydrogen-bond acceptors (Lipinski definition) is 10. The number of phenols is 1. The van der Waals surface area contributed by atoms with E-state index in [1.165, 1.54) is 31.2 Å². The van der Waals surface area contributed by atoms with Gasteiger partial charge in [0, 0.05) is 12.8 Å². The van der Waals surface area contributed by atoms with Crippen LogP contribution in [0.15, 0.2) is 54.6 Å². The molecule has 6 amide bonds. The molecular formula is C34H45N7O11. The van der Waals surface area contributed by atoms with E-state index in [-0.39, 0.29) is 18.6 Å². The van der Waals surface area contributed by atoms with Crippen LogP contribution in [-0.2, 0) is 51.2 Å². The highest BCUT2D eigenvalue weighted by atomic mass is 16.4. The van der Waals surface area contributed by atoms with E-state index < -0.39 is 103 Å². The Bertz CT molecular complexity index is 1590. The van der Waals surface area contributed by atoms with Crippen LogP contribution in [0.1, 0.15) is 38.3 Å². The largest absolute Gasteiger partial charge is 0.508 e. The monoisotopic (exact) mass is 727 g/mol. The molecule has 0 heterocycles. The molecule has 5 atom stereocenters. The molecule has 0 aliphatic heterocycles. The van der Waals surface area contributed by atoms with E-state index in [9.17, 15) is 43.5 Å². The number of carbonyl (C=O) groups is 8. The summed E-state index contributed by atoms with van der Waals surface area (Å²) in [5, 5.41) is 42.0. The van der Waals surface area contributed by atoms with Crippen LogP contribution in [0.3, 0.4) is 0 Å². The predicted molar refractivity (Wildman–Crippen MR) is 184 cm³/mol. The number of aliphatic carboxylic acids is 2. The molecule has 0 unspecified atom stereocenters. The average Bonchev–Trinajstić information content (AvgIpc) is 3.08. The number of carbonyl (C=O) groups excluding carboxylic acids is 6. The van der Waals surface area contributed by atoms with E-state index in [1.54, 1.807) is 44.2 Å². The Kier molecular flexibility index (Phi) is 16.7. The number of rotatable bonds is 20. The van der Waals surface area contributed by atoms with Gasteiger partial charge in [-0.25, -0.2) is 0 Å². The second-order valence-electron chi connectivity index (χ2n) is 12.2. The molecule has 0 bridgehead atoms. The molecule has 0 radical (unpaired) electrons. The zero-order chi connectivity index (χ0) is 39.0. The summed E-state index contributed by atoms with van der Waals surface area (Å²) in [4.78, 5) is 99.6. The molecule has 282 valence electrons. The minimum atomic E-state index is -1.44. The zero-order valence-electron chi connectivity index (χ0n) is 28.9. The second kappa shape index (κ2) is 20.6. The van der Waals surface area contributed by atoms with Crippen LogP contribution in [0.4, 0.5) is 0 Å². The number of carboxylic acid groups (broad SMARTS) is 2. The van der Waals surface area contributed by atoms with Crippen LogP contribution >= 0.6 is 0 Å². The van der Waals surface area contributed by atoms with Gasteiger partial charge in [-0.3, -0.25) is 38.4 Å². The highest BCUT2D eigenvalue weighted by Crippen LogP contribution is 2.12. The van der Waals surface area contributed by atoms with E-state index in [0.29, 0.717) is 11.1 Å². The molecule has 2 aromatic rings. The summed E-state index contributed by atoms with van der Waals surface area (Å²) < 4.78 is 0. The SMILES string of the molecule is CC(C)[C@H](NC(=O)[C@H](Cc1ccc(O)cc1)NC(=O)CNC(=O)[C@H](Cc1ccccc1)NC(=O)[C@@H](N)CC(=O)O)C(=O)N[C@@H](C)C(=O)NCC(=O)O. The number of nitrogens with two attached hydrogens (primary N) is 1. The Morgan fingerprint density at radius 1 is 0.615 bits per heavy atom. The smallest absolute Gasteiger partial charge is 0.322 e. The number of nitrogens with one attached hydrogen (secondary N) is 6. The van der Waals surface area contributed by atoms with Crippen molar-refractivity contribution in [3.63, 3.8) is 0 Å². The molecule has 11 N–H and O–H groups in total. The molecule has 0 aliphatic carbocycles. The lowest BCUT2D eigenvalue weighted by atomic mass is 10.0. The van der Waals surface area contributed by atoms with Crippen molar-refractivity contribution in [2.45, 2.75) is 70.2 Å². The summed E-state index contributed by atoms with van der Waals surface area (Å²) >= 11 is 0. The van der Waals surface area contributed by atoms with Gasteiger partial charge < -0.3 is 53.0 Å². The highest BCUT2D eigenvalue weighted by molar-refractivity contribution is 5.96. The average molecular weight is 728 g/mol. The number of carboxylic acids is 2. The van der Waals surface area contributed by atoms with Crippen LogP contribution < -0.4 is 37.6 Å². The topological polar surface area (TPSA) is 295 Å². The van der Waals surface area contributed by atoms with Crippen LogP contribution in [0.2, 0.25) is 0 Å². The van der Waals surface area contributed by atoms with Crippen LogP contribution in [0, 0.1) is 5.92 Å². The first-order chi connectivity index (χ1) is 24.5. The summed E-state index contributed by atoms with van der Waals surface area (Å²) in [7, 11) is 0. The van der Waals surface area contributed by atoms with Crippen molar-refractivity contribution in [1.29, 1.82) is 0 Å². The summed E-state index contributed by atoms with van der Waals surface area (Å²) in [6, 6.07) is 7.98. The summed E-state index contributed by atoms with van der Waals surface area (Å²) in [5.41, 5.74) is 6.82. The number of amides is 6. The van der Waals surface area contributed by atoms with Gasteiger partial charge in [-0.15, -0.1) is 0 Å². The molecular weight excluding hydrogens is 682 g/mol. The van der Waals surface area contributed by atoms with Gasteiger partial charge in [-0.05, 0) is 36.1 Å². The van der Waals surface area contributed by atoms with Crippen molar-refractivity contribution in [1.82, 2.24) is 31.9 Å². The van der Waals surface area contributed by atoms with E-state index >= 15 is 0 Å². The van der Waals surface area contributed by atoms with Gasteiger partial charge in [0.25, 0.3) is 0 Å². The predicted octanol–water partition coefficient (Wildman–Crippen LogP) is -2.09. The highest BCUT2D eigenvalue weighted by Gasteiger charge is 2.31. The third-order valence-corrected chi connectivity index (χ3v) is 7.51. The van der Waals surface area contributed by atoms with Gasteiger partial charge in [0.1, 0.15) is 36.5 Å². The van der Waals surface area contributed by atoms with E-state index in [1.807, 2.05) is 0 Å². The molecule has 0 aliphatic rings. The maximum absolute atomic E-state index is 13.6. The molecule has 2 aromatic carbocycles. The lowest BCUT2D eigenvalue weighted by Crippen LogP contribution is -2.59. The maximum Gasteiger partial charge on any atom is 0.322 e. The molecule has 0 aromatic heterocycles. The Hall–Kier alpha value is -6.04. The Morgan fingerprint density at radius 2 is 1.17 bits per heavy atom. The Morgan fingerprint density at radius 3 is 1.73 bits per heavy atom. The number of aromatic hydroxyl groups is 1. The van der Waals surface area contributed by atoms with Gasteiger partial charge in [0.15, 0.2) is 0 Å². The molecule has 52 heavy (non-hydrogen) atoms. The minimum absolute atomic E-state index is 0.0236. The molecule has 0 fully saturated rings. The summed E-state index contributed by atoms with van der Waals surface area (Å²) in [6.07, 6.45) is -0.816.